The highest BCUT2D eigenvalue weighted by Gasteiger charge is 1.80. The Kier molecular flexibility index (Phi) is 7.48. The van der Waals surface area contributed by atoms with Crippen molar-refractivity contribution in [3.05, 3.63) is 60.2 Å². The SMILES string of the molecule is C=C/C(C)=C\C.NCc1ccccc1. The highest BCUT2D eigenvalue weighted by atomic mass is 14.5. The molecule has 0 bridgehead atoms. The number of hydrogen-bond donors (Lipinski definition) is 1. The van der Waals surface area contributed by atoms with Gasteiger partial charge in [-0.1, -0.05) is 54.6 Å². The Hall–Kier alpha value is -1.34. The van der Waals surface area contributed by atoms with Gasteiger partial charge in [-0.3, -0.25) is 0 Å². The topological polar surface area (TPSA) is 26.0 Å². The van der Waals surface area contributed by atoms with E-state index in [4.69, 9.17) is 5.73 Å². The molecule has 0 amide bonds. The molecule has 1 aromatic rings. The van der Waals surface area contributed by atoms with Crippen LogP contribution in [0.15, 0.2) is 54.6 Å². The second kappa shape index (κ2) is 8.27. The van der Waals surface area contributed by atoms with Gasteiger partial charge >= 0.3 is 0 Å². The zero-order chi connectivity index (χ0) is 10.8. The Morgan fingerprint density at radius 2 is 1.93 bits per heavy atom. The van der Waals surface area contributed by atoms with Crippen LogP contribution in [0.5, 0.6) is 0 Å². The molecule has 0 saturated carbocycles. The summed E-state index contributed by atoms with van der Waals surface area (Å²) in [5, 5.41) is 0. The Morgan fingerprint density at radius 3 is 2.14 bits per heavy atom. The molecule has 0 unspecified atom stereocenters. The van der Waals surface area contributed by atoms with E-state index < -0.39 is 0 Å². The van der Waals surface area contributed by atoms with Gasteiger partial charge in [-0.2, -0.15) is 0 Å². The normalized spacial score (nSPS) is 10.1. The summed E-state index contributed by atoms with van der Waals surface area (Å²) in [4.78, 5) is 0. The van der Waals surface area contributed by atoms with E-state index in [0.717, 1.165) is 0 Å². The van der Waals surface area contributed by atoms with E-state index in [1.165, 1.54) is 11.1 Å². The summed E-state index contributed by atoms with van der Waals surface area (Å²) in [6.07, 6.45) is 3.85. The summed E-state index contributed by atoms with van der Waals surface area (Å²) in [6.45, 7) is 8.22. The van der Waals surface area contributed by atoms with Crippen molar-refractivity contribution in [1.29, 1.82) is 0 Å². The van der Waals surface area contributed by atoms with E-state index in [1.54, 1.807) is 0 Å². The van der Waals surface area contributed by atoms with Crippen molar-refractivity contribution in [2.45, 2.75) is 20.4 Å². The lowest BCUT2D eigenvalue weighted by Gasteiger charge is -1.90. The van der Waals surface area contributed by atoms with E-state index in [0.29, 0.717) is 6.54 Å². The number of benzene rings is 1. The van der Waals surface area contributed by atoms with Gasteiger partial charge in [-0.05, 0) is 19.4 Å². The number of hydrogen-bond acceptors (Lipinski definition) is 1. The van der Waals surface area contributed by atoms with Crippen molar-refractivity contribution in [3.63, 3.8) is 0 Å². The largest absolute Gasteiger partial charge is 0.326 e. The zero-order valence-electron chi connectivity index (χ0n) is 9.03. The lowest BCUT2D eigenvalue weighted by atomic mass is 10.2. The van der Waals surface area contributed by atoms with Crippen molar-refractivity contribution in [2.24, 2.45) is 5.73 Å². The molecule has 1 aromatic carbocycles. The molecule has 0 spiro atoms. The minimum Gasteiger partial charge on any atom is -0.326 e. The minimum absolute atomic E-state index is 0.640. The highest BCUT2D eigenvalue weighted by molar-refractivity contribution is 5.13. The maximum absolute atomic E-state index is 5.35. The molecule has 0 heterocycles. The smallest absolute Gasteiger partial charge is 0.0178 e. The molecule has 14 heavy (non-hydrogen) atoms. The molecule has 1 rings (SSSR count). The van der Waals surface area contributed by atoms with E-state index in [-0.39, 0.29) is 0 Å². The van der Waals surface area contributed by atoms with E-state index in [9.17, 15) is 0 Å². The van der Waals surface area contributed by atoms with Gasteiger partial charge in [-0.25, -0.2) is 0 Å². The molecule has 0 atom stereocenters. The first-order valence-electron chi connectivity index (χ1n) is 4.74. The van der Waals surface area contributed by atoms with Crippen LogP contribution in [0.4, 0.5) is 0 Å². The molecule has 0 aliphatic heterocycles. The summed E-state index contributed by atoms with van der Waals surface area (Å²) in [6, 6.07) is 9.99. The Bertz CT molecular complexity index is 273. The molecule has 0 saturated heterocycles. The molecule has 0 aliphatic rings. The van der Waals surface area contributed by atoms with E-state index in [2.05, 4.69) is 6.58 Å². The molecule has 0 aliphatic carbocycles. The fourth-order valence-electron chi connectivity index (χ4n) is 0.732. The van der Waals surface area contributed by atoms with Crippen LogP contribution in [0.2, 0.25) is 0 Å². The summed E-state index contributed by atoms with van der Waals surface area (Å²) in [5.74, 6) is 0. The maximum atomic E-state index is 5.35. The Labute approximate surface area is 87.0 Å². The lowest BCUT2D eigenvalue weighted by molar-refractivity contribution is 1.07. The standard InChI is InChI=1S/C7H9N.C6H10/c8-6-7-4-2-1-3-5-7;1-4-6(3)5-2/h1-5H,6,8H2;4-5H,1H2,2-3H3/b;6-5-. The quantitative estimate of drug-likeness (QED) is 0.710. The molecular weight excluding hydrogens is 170 g/mol. The van der Waals surface area contributed by atoms with Crippen LogP contribution in [-0.4, -0.2) is 0 Å². The van der Waals surface area contributed by atoms with Crippen LogP contribution in [0.1, 0.15) is 19.4 Å². The zero-order valence-corrected chi connectivity index (χ0v) is 9.03. The van der Waals surface area contributed by atoms with Crippen LogP contribution in [0.25, 0.3) is 0 Å². The van der Waals surface area contributed by atoms with Gasteiger partial charge in [0.1, 0.15) is 0 Å². The van der Waals surface area contributed by atoms with Gasteiger partial charge in [-0.15, -0.1) is 0 Å². The third-order valence-electron chi connectivity index (χ3n) is 1.86. The number of allylic oxidation sites excluding steroid dienone is 3. The van der Waals surface area contributed by atoms with Crippen molar-refractivity contribution in [1.82, 2.24) is 0 Å². The summed E-state index contributed by atoms with van der Waals surface area (Å²) < 4.78 is 0. The monoisotopic (exact) mass is 189 g/mol. The lowest BCUT2D eigenvalue weighted by Crippen LogP contribution is -1.94. The van der Waals surface area contributed by atoms with Crippen LogP contribution >= 0.6 is 0 Å². The van der Waals surface area contributed by atoms with Gasteiger partial charge in [0.25, 0.3) is 0 Å². The highest BCUT2D eigenvalue weighted by Crippen LogP contribution is 1.94. The fraction of sp³-hybridized carbons (Fsp3) is 0.231. The maximum Gasteiger partial charge on any atom is 0.0178 e. The predicted molar refractivity (Wildman–Crippen MR) is 64.0 cm³/mol. The minimum atomic E-state index is 0.640. The van der Waals surface area contributed by atoms with Crippen LogP contribution in [0, 0.1) is 0 Å². The van der Waals surface area contributed by atoms with Gasteiger partial charge in [0.15, 0.2) is 0 Å². The first-order chi connectivity index (χ1) is 6.74. The molecule has 0 fully saturated rings. The van der Waals surface area contributed by atoms with Gasteiger partial charge in [0, 0.05) is 6.54 Å². The van der Waals surface area contributed by atoms with Crippen molar-refractivity contribution in [3.8, 4) is 0 Å². The van der Waals surface area contributed by atoms with Crippen molar-refractivity contribution >= 4 is 0 Å². The van der Waals surface area contributed by atoms with Gasteiger partial charge in [0.2, 0.25) is 0 Å². The van der Waals surface area contributed by atoms with Gasteiger partial charge < -0.3 is 5.73 Å². The average molecular weight is 189 g/mol. The first kappa shape index (κ1) is 12.7. The van der Waals surface area contributed by atoms with Crippen molar-refractivity contribution in [2.75, 3.05) is 0 Å². The molecule has 76 valence electrons. The first-order valence-corrected chi connectivity index (χ1v) is 4.74. The summed E-state index contributed by atoms with van der Waals surface area (Å²) >= 11 is 0. The molecule has 0 radical (unpaired) electrons. The Morgan fingerprint density at radius 1 is 1.36 bits per heavy atom. The second-order valence-electron chi connectivity index (χ2n) is 2.93. The second-order valence-corrected chi connectivity index (χ2v) is 2.93. The molecule has 0 aromatic heterocycles. The molecule has 1 heteroatoms. The molecule has 2 N–H and O–H groups in total. The summed E-state index contributed by atoms with van der Waals surface area (Å²) in [7, 11) is 0. The van der Waals surface area contributed by atoms with E-state index >= 15 is 0 Å². The molecular formula is C13H19N. The third kappa shape index (κ3) is 6.21. The van der Waals surface area contributed by atoms with Gasteiger partial charge in [0.05, 0.1) is 0 Å². The van der Waals surface area contributed by atoms with E-state index in [1.807, 2.05) is 56.3 Å². The van der Waals surface area contributed by atoms with Crippen LogP contribution < -0.4 is 5.73 Å². The number of nitrogens with two attached hydrogens (primary N) is 1. The van der Waals surface area contributed by atoms with Crippen molar-refractivity contribution < 1.29 is 0 Å². The predicted octanol–water partition coefficient (Wildman–Crippen LogP) is 3.28. The molecule has 1 nitrogen and oxygen atoms in total. The third-order valence-corrected chi connectivity index (χ3v) is 1.86. The van der Waals surface area contributed by atoms with Crippen LogP contribution in [-0.2, 0) is 6.54 Å². The Balaban J connectivity index is 0.000000255. The number of rotatable bonds is 2. The summed E-state index contributed by atoms with van der Waals surface area (Å²) in [5.41, 5.74) is 7.77. The van der Waals surface area contributed by atoms with Crippen LogP contribution in [0.3, 0.4) is 0 Å². The fourth-order valence-corrected chi connectivity index (χ4v) is 0.732. The average Bonchev–Trinajstić information content (AvgIpc) is 2.30.